The number of quaternary nitrogens is 1. The molecule has 0 spiro atoms. The van der Waals surface area contributed by atoms with Crippen LogP contribution in [0.4, 0.5) is 0 Å². The molecule has 136 valence electrons. The first-order chi connectivity index (χ1) is 12.7. The van der Waals surface area contributed by atoms with Crippen LogP contribution in [-0.4, -0.2) is 36.5 Å². The Labute approximate surface area is 154 Å². The number of hydrogen-bond acceptors (Lipinski definition) is 4. The number of ether oxygens (including phenoxy) is 3. The van der Waals surface area contributed by atoms with E-state index < -0.39 is 0 Å². The van der Waals surface area contributed by atoms with E-state index in [0.29, 0.717) is 18.6 Å². The van der Waals surface area contributed by atoms with Crippen LogP contribution in [0.5, 0.6) is 17.4 Å². The molecule has 2 aliphatic rings. The van der Waals surface area contributed by atoms with E-state index in [1.807, 2.05) is 12.1 Å². The molecule has 1 fully saturated rings. The summed E-state index contributed by atoms with van der Waals surface area (Å²) in [6.45, 7) is 7.39. The largest absolute Gasteiger partial charge is 0.481 e. The maximum atomic E-state index is 5.71. The first-order valence-electron chi connectivity index (χ1n) is 9.10. The molecular weight excluding hydrogens is 328 g/mol. The molecule has 0 bridgehead atoms. The molecule has 5 nitrogen and oxygen atoms in total. The summed E-state index contributed by atoms with van der Waals surface area (Å²) in [5.41, 5.74) is 2.41. The molecule has 26 heavy (non-hydrogen) atoms. The van der Waals surface area contributed by atoms with Gasteiger partial charge in [-0.3, -0.25) is 4.48 Å². The molecule has 1 aromatic heterocycles. The zero-order valence-electron chi connectivity index (χ0n) is 15.2. The van der Waals surface area contributed by atoms with Gasteiger partial charge in [0.05, 0.1) is 32.0 Å². The van der Waals surface area contributed by atoms with Gasteiger partial charge in [0, 0.05) is 24.6 Å². The number of para-hydroxylation sites is 1. The molecule has 0 atom stereocenters. The highest BCUT2D eigenvalue weighted by Gasteiger charge is 2.35. The smallest absolute Gasteiger partial charge is 0.231 e. The van der Waals surface area contributed by atoms with Crippen molar-refractivity contribution in [3.8, 4) is 17.4 Å². The Morgan fingerprint density at radius 1 is 1.23 bits per heavy atom. The molecule has 0 radical (unpaired) electrons. The molecule has 0 N–H and O–H groups in total. The molecule has 5 heteroatoms. The number of rotatable bonds is 5. The number of likely N-dealkylation sites (tertiary alicyclic amines) is 1. The Bertz CT molecular complexity index is 798. The van der Waals surface area contributed by atoms with Gasteiger partial charge in [0.1, 0.15) is 6.54 Å². The number of piperidine rings is 1. The maximum absolute atomic E-state index is 5.71. The van der Waals surface area contributed by atoms with Crippen LogP contribution in [0.2, 0.25) is 0 Å². The van der Waals surface area contributed by atoms with Crippen LogP contribution >= 0.6 is 0 Å². The lowest BCUT2D eigenvalue weighted by Crippen LogP contribution is -2.47. The Kier molecular flexibility index (Phi) is 4.55. The van der Waals surface area contributed by atoms with Gasteiger partial charge in [-0.2, -0.15) is 0 Å². The standard InChI is InChI=1S/C21H25N2O3/c1-3-23(14-17-6-5-11-22-21(17)24-2)12-9-16(10-13-23)18-7-4-8-19-20(18)26-15-25-19/h3-8,11,16H,1,9-10,12-15H2,2H3/q+1. The summed E-state index contributed by atoms with van der Waals surface area (Å²) in [5, 5.41) is 0. The van der Waals surface area contributed by atoms with E-state index in [1.54, 1.807) is 13.3 Å². The zero-order chi connectivity index (χ0) is 18.0. The third-order valence-electron chi connectivity index (χ3n) is 5.63. The van der Waals surface area contributed by atoms with Crippen molar-refractivity contribution < 1.29 is 18.7 Å². The number of nitrogens with zero attached hydrogens (tertiary/aromatic N) is 2. The molecular formula is C21H25N2O3+. The average molecular weight is 353 g/mol. The van der Waals surface area contributed by atoms with Gasteiger partial charge in [-0.05, 0) is 30.7 Å². The molecule has 0 unspecified atom stereocenters. The van der Waals surface area contributed by atoms with Crippen molar-refractivity contribution in [1.82, 2.24) is 4.98 Å². The number of aromatic nitrogens is 1. The second-order valence-electron chi connectivity index (χ2n) is 7.03. The Hall–Kier alpha value is -2.53. The maximum Gasteiger partial charge on any atom is 0.231 e. The van der Waals surface area contributed by atoms with Gasteiger partial charge in [-0.15, -0.1) is 0 Å². The Morgan fingerprint density at radius 3 is 2.85 bits per heavy atom. The van der Waals surface area contributed by atoms with Gasteiger partial charge < -0.3 is 14.2 Å². The highest BCUT2D eigenvalue weighted by molar-refractivity contribution is 5.49. The minimum absolute atomic E-state index is 0.326. The van der Waals surface area contributed by atoms with Crippen molar-refractivity contribution in [2.45, 2.75) is 25.3 Å². The van der Waals surface area contributed by atoms with Crippen LogP contribution in [0.1, 0.15) is 29.9 Å². The van der Waals surface area contributed by atoms with Crippen LogP contribution in [0.15, 0.2) is 49.3 Å². The molecule has 2 aliphatic heterocycles. The third-order valence-corrected chi connectivity index (χ3v) is 5.63. The fraction of sp³-hybridized carbons (Fsp3) is 0.381. The van der Waals surface area contributed by atoms with E-state index in [-0.39, 0.29) is 0 Å². The van der Waals surface area contributed by atoms with Crippen molar-refractivity contribution in [2.75, 3.05) is 27.0 Å². The van der Waals surface area contributed by atoms with Crippen molar-refractivity contribution in [1.29, 1.82) is 0 Å². The van der Waals surface area contributed by atoms with Crippen LogP contribution in [0.3, 0.4) is 0 Å². The fourth-order valence-electron chi connectivity index (χ4n) is 4.14. The lowest BCUT2D eigenvalue weighted by atomic mass is 9.87. The van der Waals surface area contributed by atoms with E-state index in [0.717, 1.165) is 54.0 Å². The molecule has 1 aromatic carbocycles. The molecule has 3 heterocycles. The summed E-state index contributed by atoms with van der Waals surface area (Å²) in [6.07, 6.45) is 6.03. The van der Waals surface area contributed by atoms with E-state index in [4.69, 9.17) is 14.2 Å². The minimum atomic E-state index is 0.326. The number of benzene rings is 1. The third kappa shape index (κ3) is 3.03. The summed E-state index contributed by atoms with van der Waals surface area (Å²) in [6, 6.07) is 10.3. The Balaban J connectivity index is 1.51. The minimum Gasteiger partial charge on any atom is -0.481 e. The lowest BCUT2D eigenvalue weighted by molar-refractivity contribution is -0.897. The normalized spacial score (nSPS) is 24.3. The van der Waals surface area contributed by atoms with Crippen LogP contribution in [0.25, 0.3) is 0 Å². The molecule has 4 rings (SSSR count). The molecule has 0 aliphatic carbocycles. The highest BCUT2D eigenvalue weighted by atomic mass is 16.7. The second-order valence-corrected chi connectivity index (χ2v) is 7.03. The van der Waals surface area contributed by atoms with Gasteiger partial charge >= 0.3 is 0 Å². The van der Waals surface area contributed by atoms with Gasteiger partial charge in [-0.25, -0.2) is 4.98 Å². The first kappa shape index (κ1) is 16.9. The van der Waals surface area contributed by atoms with Gasteiger partial charge in [0.2, 0.25) is 12.7 Å². The molecule has 1 saturated heterocycles. The number of methoxy groups -OCH3 is 1. The van der Waals surface area contributed by atoms with Crippen molar-refractivity contribution >= 4 is 0 Å². The van der Waals surface area contributed by atoms with Crippen molar-refractivity contribution in [3.63, 3.8) is 0 Å². The van der Waals surface area contributed by atoms with E-state index in [1.165, 1.54) is 5.56 Å². The van der Waals surface area contributed by atoms with Crippen molar-refractivity contribution in [2.24, 2.45) is 0 Å². The van der Waals surface area contributed by atoms with Crippen molar-refractivity contribution in [3.05, 3.63) is 60.4 Å². The topological polar surface area (TPSA) is 40.6 Å². The summed E-state index contributed by atoms with van der Waals surface area (Å²) in [7, 11) is 1.67. The van der Waals surface area contributed by atoms with Crippen LogP contribution in [0, 0.1) is 0 Å². The average Bonchev–Trinajstić information content (AvgIpc) is 3.18. The summed E-state index contributed by atoms with van der Waals surface area (Å²) in [4.78, 5) is 4.33. The lowest BCUT2D eigenvalue weighted by Gasteiger charge is -2.41. The van der Waals surface area contributed by atoms with Crippen LogP contribution < -0.4 is 14.2 Å². The first-order valence-corrected chi connectivity index (χ1v) is 9.10. The quantitative estimate of drug-likeness (QED) is 0.766. The summed E-state index contributed by atoms with van der Waals surface area (Å²) >= 11 is 0. The fourth-order valence-corrected chi connectivity index (χ4v) is 4.14. The summed E-state index contributed by atoms with van der Waals surface area (Å²) < 4.78 is 17.5. The zero-order valence-corrected chi connectivity index (χ0v) is 15.2. The van der Waals surface area contributed by atoms with E-state index >= 15 is 0 Å². The second kappa shape index (κ2) is 7.00. The van der Waals surface area contributed by atoms with Crippen LogP contribution in [-0.2, 0) is 6.54 Å². The number of hydrogen-bond donors (Lipinski definition) is 0. The SMILES string of the molecule is C=C[N+]1(Cc2cccnc2OC)CCC(c2cccc3c2OCO3)CC1. The van der Waals surface area contributed by atoms with E-state index in [2.05, 4.69) is 36.0 Å². The molecule has 0 amide bonds. The number of fused-ring (bicyclic) bond motifs is 1. The monoisotopic (exact) mass is 353 g/mol. The number of pyridine rings is 1. The highest BCUT2D eigenvalue weighted by Crippen LogP contribution is 2.43. The van der Waals surface area contributed by atoms with Gasteiger partial charge in [-0.1, -0.05) is 12.1 Å². The predicted octanol–water partition coefficient (Wildman–Crippen LogP) is 3.86. The van der Waals surface area contributed by atoms with Gasteiger partial charge in [0.25, 0.3) is 0 Å². The predicted molar refractivity (Wildman–Crippen MR) is 99.2 cm³/mol. The summed E-state index contributed by atoms with van der Waals surface area (Å²) in [5.74, 6) is 3.01. The molecule has 0 saturated carbocycles. The molecule has 2 aromatic rings. The Morgan fingerprint density at radius 2 is 2.08 bits per heavy atom. The van der Waals surface area contributed by atoms with Gasteiger partial charge in [0.15, 0.2) is 11.5 Å². The van der Waals surface area contributed by atoms with E-state index in [9.17, 15) is 0 Å².